The molecule has 0 aromatic heterocycles. The molecule has 18 nitrogen and oxygen atoms in total. The molecule has 0 spiro atoms. The van der Waals surface area contributed by atoms with Gasteiger partial charge in [-0.3, -0.25) is 4.79 Å². The highest BCUT2D eigenvalue weighted by Crippen LogP contribution is 2.38. The standard InChI is InChI=1S/C35H49N5O13/c1-36-34(41)21-27-20-30(26-9-11-28(48-3)12-10-26)33(51-23-25-8-13-32-31(19-25)37(15-18-49-32)14-6-16-47-2)22-38(27)35(42)50-17-5-4-7-29(53-40(45)46)24-52-39(43)44/h8-13,19,27,29-30,33H,4-7,14-18,20-24H2,1-3H3,(H,36,41). The van der Waals surface area contributed by atoms with Crippen LogP contribution in [0.15, 0.2) is 42.5 Å². The van der Waals surface area contributed by atoms with Gasteiger partial charge in [0.1, 0.15) is 30.8 Å². The van der Waals surface area contributed by atoms with Crippen LogP contribution < -0.4 is 19.7 Å². The van der Waals surface area contributed by atoms with Crippen LogP contribution in [0.4, 0.5) is 10.5 Å². The Bertz CT molecular complexity index is 1500. The van der Waals surface area contributed by atoms with Crippen LogP contribution in [0.5, 0.6) is 11.5 Å². The number of carbonyl (C=O) groups excluding carboxylic acids is 2. The van der Waals surface area contributed by atoms with Crippen LogP contribution in [0, 0.1) is 20.2 Å². The number of hydrogen-bond acceptors (Lipinski definition) is 14. The molecule has 1 N–H and O–H groups in total. The van der Waals surface area contributed by atoms with E-state index in [-0.39, 0.29) is 44.4 Å². The Morgan fingerprint density at radius 2 is 1.83 bits per heavy atom. The van der Waals surface area contributed by atoms with Crippen molar-refractivity contribution in [1.82, 2.24) is 10.2 Å². The Morgan fingerprint density at radius 1 is 1.04 bits per heavy atom. The lowest BCUT2D eigenvalue weighted by atomic mass is 9.82. The van der Waals surface area contributed by atoms with E-state index in [0.29, 0.717) is 38.2 Å². The summed E-state index contributed by atoms with van der Waals surface area (Å²) in [6, 6.07) is 13.1. The quantitative estimate of drug-likeness (QED) is 0.109. The molecule has 53 heavy (non-hydrogen) atoms. The summed E-state index contributed by atoms with van der Waals surface area (Å²) in [6.07, 6.45) is -0.248. The van der Waals surface area contributed by atoms with Gasteiger partial charge in [-0.25, -0.2) is 4.79 Å². The normalized spacial score (nSPS) is 18.6. The van der Waals surface area contributed by atoms with Gasteiger partial charge in [-0.15, -0.1) is 20.2 Å². The molecule has 0 bridgehead atoms. The van der Waals surface area contributed by atoms with E-state index in [1.54, 1.807) is 14.2 Å². The topological polar surface area (TPSA) is 204 Å². The highest BCUT2D eigenvalue weighted by Gasteiger charge is 2.41. The lowest BCUT2D eigenvalue weighted by Crippen LogP contribution is -2.53. The monoisotopic (exact) mass is 747 g/mol. The highest BCUT2D eigenvalue weighted by atomic mass is 17.0. The van der Waals surface area contributed by atoms with Gasteiger partial charge in [0.2, 0.25) is 5.91 Å². The fourth-order valence-corrected chi connectivity index (χ4v) is 6.54. The number of ether oxygens (including phenoxy) is 5. The summed E-state index contributed by atoms with van der Waals surface area (Å²) in [4.78, 5) is 60.1. The largest absolute Gasteiger partial charge is 0.497 e. The zero-order valence-corrected chi connectivity index (χ0v) is 30.3. The van der Waals surface area contributed by atoms with Crippen molar-refractivity contribution in [1.29, 1.82) is 0 Å². The maximum Gasteiger partial charge on any atom is 0.410 e. The second kappa shape index (κ2) is 20.8. The van der Waals surface area contributed by atoms with Crippen LogP contribution in [0.25, 0.3) is 0 Å². The number of fused-ring (bicyclic) bond motifs is 1. The number of unbranched alkanes of at least 4 members (excludes halogenated alkanes) is 1. The molecule has 0 radical (unpaired) electrons. The van der Waals surface area contributed by atoms with Crippen LogP contribution in [-0.2, 0) is 35.3 Å². The van der Waals surface area contributed by atoms with E-state index >= 15 is 0 Å². The molecule has 4 rings (SSSR count). The molecule has 2 heterocycles. The lowest BCUT2D eigenvalue weighted by Gasteiger charge is -2.43. The molecule has 4 unspecified atom stereocenters. The molecule has 292 valence electrons. The van der Waals surface area contributed by atoms with Crippen LogP contribution >= 0.6 is 0 Å². The van der Waals surface area contributed by atoms with Crippen LogP contribution in [0.3, 0.4) is 0 Å². The van der Waals surface area contributed by atoms with Crippen molar-refractivity contribution >= 4 is 17.7 Å². The molecule has 0 aliphatic carbocycles. The fraction of sp³-hybridized carbons (Fsp3) is 0.600. The number of nitrogens with one attached hydrogen (secondary N) is 1. The van der Waals surface area contributed by atoms with Crippen molar-refractivity contribution in [3.8, 4) is 11.5 Å². The van der Waals surface area contributed by atoms with Crippen molar-refractivity contribution in [2.24, 2.45) is 0 Å². The summed E-state index contributed by atoms with van der Waals surface area (Å²) in [7, 11) is 4.82. The number of amides is 2. The Kier molecular flexibility index (Phi) is 16.0. The smallest absolute Gasteiger partial charge is 0.410 e. The third kappa shape index (κ3) is 12.5. The van der Waals surface area contributed by atoms with E-state index in [0.717, 1.165) is 42.1 Å². The van der Waals surface area contributed by atoms with Gasteiger partial charge in [-0.1, -0.05) is 18.2 Å². The molecular weight excluding hydrogens is 698 g/mol. The molecule has 1 fully saturated rings. The first-order valence-corrected chi connectivity index (χ1v) is 17.6. The van der Waals surface area contributed by atoms with Gasteiger partial charge in [0, 0.05) is 45.7 Å². The molecule has 1 saturated heterocycles. The highest BCUT2D eigenvalue weighted by molar-refractivity contribution is 5.77. The van der Waals surface area contributed by atoms with Gasteiger partial charge in [-0.05, 0) is 67.5 Å². The molecule has 4 atom stereocenters. The summed E-state index contributed by atoms with van der Waals surface area (Å²) >= 11 is 0. The van der Waals surface area contributed by atoms with Gasteiger partial charge in [-0.2, -0.15) is 0 Å². The van der Waals surface area contributed by atoms with Gasteiger partial charge in [0.25, 0.3) is 10.2 Å². The second-order valence-corrected chi connectivity index (χ2v) is 12.7. The van der Waals surface area contributed by atoms with Crippen LogP contribution in [-0.4, -0.2) is 113 Å². The molecule has 2 aromatic carbocycles. The number of carbonyl (C=O) groups is 2. The minimum Gasteiger partial charge on any atom is -0.497 e. The van der Waals surface area contributed by atoms with E-state index in [2.05, 4.69) is 26.0 Å². The number of anilines is 1. The van der Waals surface area contributed by atoms with Crippen molar-refractivity contribution in [2.45, 2.75) is 69.3 Å². The van der Waals surface area contributed by atoms with Crippen LogP contribution in [0.1, 0.15) is 55.6 Å². The van der Waals surface area contributed by atoms with E-state index in [1.807, 2.05) is 36.4 Å². The van der Waals surface area contributed by atoms with Crippen LogP contribution in [0.2, 0.25) is 0 Å². The Hall–Kier alpha value is -5.10. The maximum absolute atomic E-state index is 13.6. The number of benzene rings is 2. The van der Waals surface area contributed by atoms with Crippen molar-refractivity contribution < 1.29 is 53.1 Å². The summed E-state index contributed by atoms with van der Waals surface area (Å²) in [5, 5.41) is 21.9. The average Bonchev–Trinajstić information content (AvgIpc) is 3.15. The van der Waals surface area contributed by atoms with Crippen molar-refractivity contribution in [2.75, 3.05) is 72.2 Å². The molecule has 2 amide bonds. The number of hydrogen-bond donors (Lipinski definition) is 1. The Balaban J connectivity index is 1.48. The number of likely N-dealkylation sites (tertiary alicyclic amines) is 1. The molecule has 18 heteroatoms. The molecular formula is C35H49N5O13. The van der Waals surface area contributed by atoms with E-state index < -0.39 is 41.1 Å². The second-order valence-electron chi connectivity index (χ2n) is 12.7. The van der Waals surface area contributed by atoms with E-state index in [1.165, 1.54) is 11.9 Å². The van der Waals surface area contributed by atoms with Gasteiger partial charge >= 0.3 is 6.09 Å². The van der Waals surface area contributed by atoms with Gasteiger partial charge in [0.15, 0.2) is 0 Å². The predicted molar refractivity (Wildman–Crippen MR) is 189 cm³/mol. The predicted octanol–water partition coefficient (Wildman–Crippen LogP) is 3.90. The van der Waals surface area contributed by atoms with E-state index in [9.17, 15) is 29.8 Å². The maximum atomic E-state index is 13.6. The van der Waals surface area contributed by atoms with Gasteiger partial charge < -0.3 is 48.5 Å². The lowest BCUT2D eigenvalue weighted by molar-refractivity contribution is -0.790. The first-order valence-electron chi connectivity index (χ1n) is 17.6. The van der Waals surface area contributed by atoms with Crippen molar-refractivity contribution in [3.63, 3.8) is 0 Å². The minimum absolute atomic E-state index is 0.0329. The summed E-state index contributed by atoms with van der Waals surface area (Å²) in [5.74, 6) is 1.09. The number of rotatable bonds is 21. The summed E-state index contributed by atoms with van der Waals surface area (Å²) in [6.45, 7) is 2.60. The number of piperidine rings is 1. The Morgan fingerprint density at radius 3 is 2.53 bits per heavy atom. The molecule has 0 saturated carbocycles. The SMILES string of the molecule is CNC(=O)CC1CC(c2ccc(OC)cc2)C(OCc2ccc3c(c2)N(CCCOC)CCO3)CN1C(=O)OCCCCC(CO[N+](=O)[O-])O[N+](=O)[O-]. The average molecular weight is 748 g/mol. The number of nitrogens with zero attached hydrogens (tertiary/aromatic N) is 4. The minimum atomic E-state index is -1.15. The third-order valence-electron chi connectivity index (χ3n) is 9.24. The molecule has 2 aliphatic rings. The van der Waals surface area contributed by atoms with Gasteiger partial charge in [0.05, 0.1) is 45.2 Å². The molecule has 2 aliphatic heterocycles. The first kappa shape index (κ1) is 40.7. The Labute approximate surface area is 307 Å². The first-order chi connectivity index (χ1) is 25.6. The number of methoxy groups -OCH3 is 2. The summed E-state index contributed by atoms with van der Waals surface area (Å²) in [5.41, 5.74) is 2.90. The summed E-state index contributed by atoms with van der Waals surface area (Å²) < 4.78 is 28.8. The van der Waals surface area contributed by atoms with E-state index in [4.69, 9.17) is 23.7 Å². The molecule has 2 aromatic rings. The zero-order valence-electron chi connectivity index (χ0n) is 30.3. The van der Waals surface area contributed by atoms with Crippen molar-refractivity contribution in [3.05, 3.63) is 73.8 Å². The third-order valence-corrected chi connectivity index (χ3v) is 9.24. The fourth-order valence-electron chi connectivity index (χ4n) is 6.54. The zero-order chi connectivity index (χ0) is 38.2.